The van der Waals surface area contributed by atoms with Gasteiger partial charge in [-0.3, -0.25) is 0 Å². The Morgan fingerprint density at radius 3 is 2.67 bits per heavy atom. The number of rotatable bonds is 7. The van der Waals surface area contributed by atoms with Gasteiger partial charge in [0.25, 0.3) is 0 Å². The van der Waals surface area contributed by atoms with E-state index in [-0.39, 0.29) is 6.03 Å². The highest BCUT2D eigenvalue weighted by Crippen LogP contribution is 2.15. The summed E-state index contributed by atoms with van der Waals surface area (Å²) in [6, 6.07) is 8.06. The maximum atomic E-state index is 11.5. The number of imidazole rings is 1. The van der Waals surface area contributed by atoms with Crippen molar-refractivity contribution in [3.63, 3.8) is 0 Å². The molecule has 1 aromatic heterocycles. The third-order valence-electron chi connectivity index (χ3n) is 3.51. The zero-order valence-corrected chi connectivity index (χ0v) is 12.9. The average Bonchev–Trinajstić information content (AvgIpc) is 2.80. The predicted molar refractivity (Wildman–Crippen MR) is 85.4 cm³/mol. The van der Waals surface area contributed by atoms with Crippen molar-refractivity contribution in [1.82, 2.24) is 20.2 Å². The van der Waals surface area contributed by atoms with Crippen molar-refractivity contribution < 1.29 is 4.79 Å². The minimum absolute atomic E-state index is 0.0735. The number of aromatic nitrogens is 2. The minimum Gasteiger partial charge on any atom is -0.338 e. The highest BCUT2D eigenvalue weighted by Gasteiger charge is 2.06. The molecular formula is C16H24N4O. The lowest BCUT2D eigenvalue weighted by Gasteiger charge is -2.09. The van der Waals surface area contributed by atoms with Gasteiger partial charge in [-0.1, -0.05) is 25.5 Å². The Kier molecular flexibility index (Phi) is 5.60. The third-order valence-corrected chi connectivity index (χ3v) is 3.51. The topological polar surface area (TPSA) is 59.0 Å². The first-order valence-corrected chi connectivity index (χ1v) is 7.66. The molecule has 2 rings (SSSR count). The molecular weight excluding hydrogens is 264 g/mol. The van der Waals surface area contributed by atoms with E-state index < -0.39 is 0 Å². The number of hydrogen-bond acceptors (Lipinski definition) is 2. The first kappa shape index (κ1) is 15.4. The van der Waals surface area contributed by atoms with E-state index >= 15 is 0 Å². The van der Waals surface area contributed by atoms with Gasteiger partial charge < -0.3 is 15.2 Å². The van der Waals surface area contributed by atoms with E-state index in [1.807, 2.05) is 25.1 Å². The van der Waals surface area contributed by atoms with Crippen LogP contribution in [0, 0.1) is 6.92 Å². The number of fused-ring (bicyclic) bond motifs is 1. The van der Waals surface area contributed by atoms with E-state index in [2.05, 4.69) is 33.2 Å². The van der Waals surface area contributed by atoms with Gasteiger partial charge in [0.1, 0.15) is 5.82 Å². The third kappa shape index (κ3) is 4.21. The number of carbonyl (C=O) groups is 1. The zero-order valence-electron chi connectivity index (χ0n) is 12.9. The van der Waals surface area contributed by atoms with Gasteiger partial charge in [-0.25, -0.2) is 9.78 Å². The highest BCUT2D eigenvalue weighted by molar-refractivity contribution is 5.75. The number of aryl methyl sites for hydroxylation is 2. The van der Waals surface area contributed by atoms with Crippen molar-refractivity contribution in [2.75, 3.05) is 13.1 Å². The summed E-state index contributed by atoms with van der Waals surface area (Å²) in [5, 5.41) is 5.74. The maximum Gasteiger partial charge on any atom is 0.314 e. The van der Waals surface area contributed by atoms with Crippen LogP contribution in [-0.2, 0) is 6.54 Å². The molecule has 0 radical (unpaired) electrons. The van der Waals surface area contributed by atoms with Crippen LogP contribution in [0.15, 0.2) is 24.3 Å². The Hall–Kier alpha value is -2.04. The molecule has 0 atom stereocenters. The smallest absolute Gasteiger partial charge is 0.314 e. The summed E-state index contributed by atoms with van der Waals surface area (Å²) in [5.41, 5.74) is 2.18. The van der Waals surface area contributed by atoms with Gasteiger partial charge in [-0.05, 0) is 31.9 Å². The lowest BCUT2D eigenvalue weighted by Crippen LogP contribution is -2.36. The van der Waals surface area contributed by atoms with Crippen LogP contribution in [0.25, 0.3) is 11.0 Å². The summed E-state index contributed by atoms with van der Waals surface area (Å²) < 4.78 is 2.20. The number of amides is 2. The maximum absolute atomic E-state index is 11.5. The molecule has 2 amide bonds. The number of para-hydroxylation sites is 2. The summed E-state index contributed by atoms with van der Waals surface area (Å²) in [6.45, 7) is 6.40. The molecule has 5 nitrogen and oxygen atoms in total. The van der Waals surface area contributed by atoms with Crippen LogP contribution in [0.2, 0.25) is 0 Å². The van der Waals surface area contributed by atoms with Crippen molar-refractivity contribution in [3.05, 3.63) is 30.1 Å². The molecule has 0 aliphatic heterocycles. The van der Waals surface area contributed by atoms with Gasteiger partial charge in [0.2, 0.25) is 0 Å². The number of carbonyl (C=O) groups excluding carboxylic acids is 1. The molecule has 5 heteroatoms. The Bertz CT molecular complexity index is 591. The van der Waals surface area contributed by atoms with Crippen LogP contribution in [0.4, 0.5) is 4.79 Å². The van der Waals surface area contributed by atoms with Gasteiger partial charge in [0.05, 0.1) is 11.0 Å². The van der Waals surface area contributed by atoms with Gasteiger partial charge >= 0.3 is 6.03 Å². The fourth-order valence-corrected chi connectivity index (χ4v) is 2.36. The van der Waals surface area contributed by atoms with Gasteiger partial charge in [-0.15, -0.1) is 0 Å². The summed E-state index contributed by atoms with van der Waals surface area (Å²) in [5.74, 6) is 1.02. The molecule has 0 spiro atoms. The monoisotopic (exact) mass is 288 g/mol. The van der Waals surface area contributed by atoms with Crippen molar-refractivity contribution in [1.29, 1.82) is 0 Å². The summed E-state index contributed by atoms with van der Waals surface area (Å²) in [7, 11) is 0. The zero-order chi connectivity index (χ0) is 15.1. The Labute approximate surface area is 125 Å². The molecule has 0 saturated heterocycles. The number of benzene rings is 1. The molecule has 21 heavy (non-hydrogen) atoms. The molecule has 114 valence electrons. The van der Waals surface area contributed by atoms with Gasteiger partial charge in [0.15, 0.2) is 0 Å². The van der Waals surface area contributed by atoms with Crippen LogP contribution >= 0.6 is 0 Å². The number of nitrogens with one attached hydrogen (secondary N) is 2. The lowest BCUT2D eigenvalue weighted by atomic mass is 10.3. The summed E-state index contributed by atoms with van der Waals surface area (Å²) in [6.07, 6.45) is 3.00. The fourth-order valence-electron chi connectivity index (χ4n) is 2.36. The second kappa shape index (κ2) is 7.67. The van der Waals surface area contributed by atoms with Crippen LogP contribution < -0.4 is 10.6 Å². The first-order valence-electron chi connectivity index (χ1n) is 7.66. The highest BCUT2D eigenvalue weighted by atomic mass is 16.2. The van der Waals surface area contributed by atoms with E-state index in [0.717, 1.165) is 49.2 Å². The van der Waals surface area contributed by atoms with Crippen molar-refractivity contribution >= 4 is 17.1 Å². The molecule has 0 saturated carbocycles. The number of urea groups is 1. The SMILES string of the molecule is CCCCNC(=O)NCCCn1c(C)nc2ccccc21. The minimum atomic E-state index is -0.0735. The normalized spacial score (nSPS) is 10.8. The molecule has 2 aromatic rings. The first-order chi connectivity index (χ1) is 10.2. The molecule has 0 fully saturated rings. The molecule has 0 aliphatic rings. The van der Waals surface area contributed by atoms with Crippen molar-refractivity contribution in [2.45, 2.75) is 39.7 Å². The van der Waals surface area contributed by atoms with E-state index in [1.54, 1.807) is 0 Å². The number of hydrogen-bond donors (Lipinski definition) is 2. The largest absolute Gasteiger partial charge is 0.338 e. The second-order valence-electron chi connectivity index (χ2n) is 5.19. The fraction of sp³-hybridized carbons (Fsp3) is 0.500. The average molecular weight is 288 g/mol. The van der Waals surface area contributed by atoms with Crippen molar-refractivity contribution in [2.24, 2.45) is 0 Å². The summed E-state index contributed by atoms with van der Waals surface area (Å²) in [4.78, 5) is 16.1. The van der Waals surface area contributed by atoms with Gasteiger partial charge in [-0.2, -0.15) is 0 Å². The van der Waals surface area contributed by atoms with E-state index in [9.17, 15) is 4.79 Å². The Morgan fingerprint density at radius 2 is 1.90 bits per heavy atom. The van der Waals surface area contributed by atoms with Crippen LogP contribution in [0.5, 0.6) is 0 Å². The van der Waals surface area contributed by atoms with Crippen molar-refractivity contribution in [3.8, 4) is 0 Å². The Morgan fingerprint density at radius 1 is 1.19 bits per heavy atom. The predicted octanol–water partition coefficient (Wildman–Crippen LogP) is 2.83. The molecule has 1 heterocycles. The Balaban J connectivity index is 1.78. The summed E-state index contributed by atoms with van der Waals surface area (Å²) >= 11 is 0. The molecule has 1 aromatic carbocycles. The van der Waals surface area contributed by atoms with E-state index in [1.165, 1.54) is 0 Å². The van der Waals surface area contributed by atoms with Crippen LogP contribution in [-0.4, -0.2) is 28.7 Å². The molecule has 0 bridgehead atoms. The standard InChI is InChI=1S/C16H24N4O/c1-3-4-10-17-16(21)18-11-7-12-20-13(2)19-14-8-5-6-9-15(14)20/h5-6,8-9H,3-4,7,10-12H2,1-2H3,(H2,17,18,21). The van der Waals surface area contributed by atoms with Crippen LogP contribution in [0.1, 0.15) is 32.0 Å². The number of unbranched alkanes of at least 4 members (excludes halogenated alkanes) is 1. The lowest BCUT2D eigenvalue weighted by molar-refractivity contribution is 0.240. The van der Waals surface area contributed by atoms with E-state index in [4.69, 9.17) is 0 Å². The quantitative estimate of drug-likeness (QED) is 0.770. The second-order valence-corrected chi connectivity index (χ2v) is 5.19. The van der Waals surface area contributed by atoms with Gasteiger partial charge in [0, 0.05) is 19.6 Å². The number of nitrogens with zero attached hydrogens (tertiary/aromatic N) is 2. The van der Waals surface area contributed by atoms with Crippen LogP contribution in [0.3, 0.4) is 0 Å². The molecule has 0 aliphatic carbocycles. The molecule has 2 N–H and O–H groups in total. The molecule has 0 unspecified atom stereocenters. The van der Waals surface area contributed by atoms with E-state index in [0.29, 0.717) is 6.54 Å².